The van der Waals surface area contributed by atoms with Gasteiger partial charge in [-0.05, 0) is 0 Å². The van der Waals surface area contributed by atoms with Crippen LogP contribution in [-0.4, -0.2) is 53.1 Å². The second kappa shape index (κ2) is 5.90. The first kappa shape index (κ1) is 11.3. The molecule has 0 aliphatic heterocycles. The molecule has 0 radical (unpaired) electrons. The number of nitrogens with one attached hydrogen (secondary N) is 1. The number of nitrogens with two attached hydrogens (primary N) is 1. The minimum Gasteiger partial charge on any atom is -0.394 e. The van der Waals surface area contributed by atoms with Gasteiger partial charge >= 0.3 is 0 Å². The van der Waals surface area contributed by atoms with Gasteiger partial charge in [0.25, 0.3) is 0 Å². The summed E-state index contributed by atoms with van der Waals surface area (Å²) < 4.78 is 0. The maximum atomic E-state index is 10.5. The molecule has 1 amide bonds. The van der Waals surface area contributed by atoms with E-state index in [9.17, 15) is 4.79 Å². The fourth-order valence-corrected chi connectivity index (χ4v) is 0.598. The van der Waals surface area contributed by atoms with Crippen molar-refractivity contribution in [3.8, 4) is 0 Å². The average molecular weight is 178 g/mol. The Labute approximate surface area is 70.0 Å². The van der Waals surface area contributed by atoms with Crippen LogP contribution in [-0.2, 0) is 4.79 Å². The Morgan fingerprint density at radius 3 is 2.33 bits per heavy atom. The molecule has 6 nitrogen and oxygen atoms in total. The van der Waals surface area contributed by atoms with Crippen molar-refractivity contribution in [2.24, 2.45) is 5.73 Å². The summed E-state index contributed by atoms with van der Waals surface area (Å²) >= 11 is 0. The largest absolute Gasteiger partial charge is 0.394 e. The Balaban J connectivity index is 3.65. The molecule has 6 N–H and O–H groups in total. The molecule has 0 aliphatic rings. The third-order valence-electron chi connectivity index (χ3n) is 1.34. The van der Waals surface area contributed by atoms with E-state index in [1.54, 1.807) is 0 Å². The van der Waals surface area contributed by atoms with Crippen LogP contribution in [0.15, 0.2) is 0 Å². The molecule has 0 rings (SSSR count). The summed E-state index contributed by atoms with van der Waals surface area (Å²) in [4.78, 5) is 10.5. The zero-order valence-electron chi connectivity index (χ0n) is 6.60. The highest BCUT2D eigenvalue weighted by molar-refractivity contribution is 5.79. The van der Waals surface area contributed by atoms with Crippen LogP contribution in [0.25, 0.3) is 0 Å². The molecule has 0 heterocycles. The van der Waals surface area contributed by atoms with Crippen molar-refractivity contribution < 1.29 is 20.1 Å². The average Bonchev–Trinajstić information content (AvgIpc) is 2.04. The number of amides is 1. The summed E-state index contributed by atoms with van der Waals surface area (Å²) in [6, 6.07) is -0.869. The molecule has 0 spiro atoms. The van der Waals surface area contributed by atoms with Crippen molar-refractivity contribution in [2.45, 2.75) is 12.1 Å². The molecular weight excluding hydrogens is 164 g/mol. The summed E-state index contributed by atoms with van der Waals surface area (Å²) in [7, 11) is 0. The first-order chi connectivity index (χ1) is 5.61. The number of carbonyl (C=O) groups is 1. The third kappa shape index (κ3) is 4.24. The van der Waals surface area contributed by atoms with Crippen LogP contribution in [0, 0.1) is 0 Å². The van der Waals surface area contributed by atoms with Gasteiger partial charge < -0.3 is 26.4 Å². The van der Waals surface area contributed by atoms with Crippen molar-refractivity contribution in [1.82, 2.24) is 5.32 Å². The normalized spacial score (nSPS) is 15.6. The quantitative estimate of drug-likeness (QED) is 0.293. The lowest BCUT2D eigenvalue weighted by molar-refractivity contribution is -0.121. The fraction of sp³-hybridized carbons (Fsp3) is 0.833. The first-order valence-electron chi connectivity index (χ1n) is 3.54. The van der Waals surface area contributed by atoms with E-state index in [0.29, 0.717) is 0 Å². The van der Waals surface area contributed by atoms with Gasteiger partial charge in [-0.3, -0.25) is 4.79 Å². The van der Waals surface area contributed by atoms with E-state index in [1.165, 1.54) is 0 Å². The molecule has 2 atom stereocenters. The molecule has 0 aromatic rings. The van der Waals surface area contributed by atoms with Crippen LogP contribution < -0.4 is 11.1 Å². The summed E-state index contributed by atoms with van der Waals surface area (Å²) in [6.07, 6.45) is -0.946. The maximum absolute atomic E-state index is 10.5. The number of primary amides is 1. The highest BCUT2D eigenvalue weighted by Gasteiger charge is 2.14. The number of hydrogen-bond donors (Lipinski definition) is 5. The summed E-state index contributed by atoms with van der Waals surface area (Å²) in [5.74, 6) is -0.692. The molecule has 0 aliphatic carbocycles. The second-order valence-corrected chi connectivity index (χ2v) is 2.38. The van der Waals surface area contributed by atoms with E-state index < -0.39 is 31.3 Å². The third-order valence-corrected chi connectivity index (χ3v) is 1.34. The SMILES string of the molecule is NC(=O)[C@H](CO)NCC(O)CO. The molecule has 0 bridgehead atoms. The number of carbonyl (C=O) groups excluding carboxylic acids is 1. The Morgan fingerprint density at radius 2 is 2.00 bits per heavy atom. The predicted octanol–water partition coefficient (Wildman–Crippen LogP) is -3.22. The van der Waals surface area contributed by atoms with Gasteiger partial charge in [-0.1, -0.05) is 0 Å². The Kier molecular flexibility index (Phi) is 5.56. The van der Waals surface area contributed by atoms with Crippen LogP contribution in [0.4, 0.5) is 0 Å². The highest BCUT2D eigenvalue weighted by Crippen LogP contribution is 1.82. The lowest BCUT2D eigenvalue weighted by Gasteiger charge is -2.14. The minimum atomic E-state index is -0.946. The molecule has 72 valence electrons. The van der Waals surface area contributed by atoms with Crippen molar-refractivity contribution in [3.05, 3.63) is 0 Å². The summed E-state index contributed by atoms with van der Waals surface area (Å²) in [5.41, 5.74) is 4.87. The van der Waals surface area contributed by atoms with E-state index in [2.05, 4.69) is 5.32 Å². The number of aliphatic hydroxyl groups excluding tert-OH is 3. The lowest BCUT2D eigenvalue weighted by Crippen LogP contribution is -2.47. The molecule has 0 aromatic heterocycles. The van der Waals surface area contributed by atoms with Crippen LogP contribution in [0.5, 0.6) is 0 Å². The van der Waals surface area contributed by atoms with Gasteiger partial charge in [0.05, 0.1) is 19.3 Å². The van der Waals surface area contributed by atoms with Gasteiger partial charge in [-0.2, -0.15) is 0 Å². The van der Waals surface area contributed by atoms with Crippen LogP contribution >= 0.6 is 0 Å². The van der Waals surface area contributed by atoms with Crippen molar-refractivity contribution >= 4 is 5.91 Å². The Hall–Kier alpha value is -0.690. The zero-order chi connectivity index (χ0) is 9.56. The number of aliphatic hydroxyl groups is 3. The monoisotopic (exact) mass is 178 g/mol. The highest BCUT2D eigenvalue weighted by atomic mass is 16.3. The smallest absolute Gasteiger partial charge is 0.236 e. The topological polar surface area (TPSA) is 116 Å². The van der Waals surface area contributed by atoms with Gasteiger partial charge in [0, 0.05) is 6.54 Å². The second-order valence-electron chi connectivity index (χ2n) is 2.38. The van der Waals surface area contributed by atoms with E-state index in [-0.39, 0.29) is 6.54 Å². The molecule has 0 fully saturated rings. The number of hydrogen-bond acceptors (Lipinski definition) is 5. The van der Waals surface area contributed by atoms with Crippen molar-refractivity contribution in [3.63, 3.8) is 0 Å². The molecule has 6 heteroatoms. The van der Waals surface area contributed by atoms with Crippen molar-refractivity contribution in [2.75, 3.05) is 19.8 Å². The molecular formula is C6H14N2O4. The number of rotatable bonds is 6. The minimum absolute atomic E-state index is 0.0185. The molecule has 1 unspecified atom stereocenters. The summed E-state index contributed by atoms with van der Waals surface area (Å²) in [6.45, 7) is -0.804. The van der Waals surface area contributed by atoms with E-state index in [1.807, 2.05) is 0 Å². The van der Waals surface area contributed by atoms with E-state index >= 15 is 0 Å². The van der Waals surface area contributed by atoms with Crippen LogP contribution in [0.2, 0.25) is 0 Å². The van der Waals surface area contributed by atoms with E-state index in [4.69, 9.17) is 21.1 Å². The van der Waals surface area contributed by atoms with Gasteiger partial charge in [-0.25, -0.2) is 0 Å². The van der Waals surface area contributed by atoms with Crippen LogP contribution in [0.1, 0.15) is 0 Å². The van der Waals surface area contributed by atoms with E-state index in [0.717, 1.165) is 0 Å². The van der Waals surface area contributed by atoms with Gasteiger partial charge in [0.2, 0.25) is 5.91 Å². The maximum Gasteiger partial charge on any atom is 0.236 e. The Bertz CT molecular complexity index is 142. The zero-order valence-corrected chi connectivity index (χ0v) is 6.60. The Morgan fingerprint density at radius 1 is 1.42 bits per heavy atom. The van der Waals surface area contributed by atoms with Gasteiger partial charge in [0.15, 0.2) is 0 Å². The predicted molar refractivity (Wildman–Crippen MR) is 41.2 cm³/mol. The molecule has 0 saturated heterocycles. The van der Waals surface area contributed by atoms with Gasteiger partial charge in [0.1, 0.15) is 6.04 Å². The molecule has 0 saturated carbocycles. The van der Waals surface area contributed by atoms with Gasteiger partial charge in [-0.15, -0.1) is 0 Å². The van der Waals surface area contributed by atoms with Crippen LogP contribution in [0.3, 0.4) is 0 Å². The summed E-state index contributed by atoms with van der Waals surface area (Å²) in [5, 5.41) is 28.3. The first-order valence-corrected chi connectivity index (χ1v) is 3.54. The molecule has 12 heavy (non-hydrogen) atoms. The van der Waals surface area contributed by atoms with Crippen molar-refractivity contribution in [1.29, 1.82) is 0 Å². The fourth-order valence-electron chi connectivity index (χ4n) is 0.598. The molecule has 0 aromatic carbocycles. The standard InChI is InChI=1S/C6H14N2O4/c7-6(12)5(3-10)8-1-4(11)2-9/h4-5,8-11H,1-3H2,(H2,7,12)/t4?,5-/m0/s1. The lowest BCUT2D eigenvalue weighted by atomic mass is 10.2.